The van der Waals surface area contributed by atoms with Crippen LogP contribution in [0.5, 0.6) is 0 Å². The third-order valence-electron chi connectivity index (χ3n) is 2.44. The average Bonchev–Trinajstić information content (AvgIpc) is 1.86. The third kappa shape index (κ3) is 5.17. The average molecular weight is 234 g/mol. The summed E-state index contributed by atoms with van der Waals surface area (Å²) in [5.74, 6) is 0. The summed E-state index contributed by atoms with van der Waals surface area (Å²) < 4.78 is 1.39. The molecule has 0 aromatic heterocycles. The topological polar surface area (TPSA) is 0 Å². The van der Waals surface area contributed by atoms with Gasteiger partial charge in [0.15, 0.2) is 0 Å². The summed E-state index contributed by atoms with van der Waals surface area (Å²) >= 11 is -0.218. The Labute approximate surface area is 83.7 Å². The molecule has 0 fully saturated rings. The van der Waals surface area contributed by atoms with E-state index < -0.39 is 0 Å². The molecule has 0 saturated carbocycles. The molecule has 0 aromatic rings. The zero-order chi connectivity index (χ0) is 9.12. The fourth-order valence-corrected chi connectivity index (χ4v) is 6.47. The summed E-state index contributed by atoms with van der Waals surface area (Å²) in [6, 6.07) is 0. The second-order valence-corrected chi connectivity index (χ2v) is 11.9. The summed E-state index contributed by atoms with van der Waals surface area (Å²) in [4.78, 5) is 0. The maximum absolute atomic E-state index is 2.44. The van der Waals surface area contributed by atoms with E-state index in [2.05, 4.69) is 41.5 Å². The molecule has 0 aromatic carbocycles. The first-order valence-corrected chi connectivity index (χ1v) is 7.08. The van der Waals surface area contributed by atoms with Crippen molar-refractivity contribution in [2.24, 2.45) is 0 Å². The summed E-state index contributed by atoms with van der Waals surface area (Å²) in [7, 11) is 0. The molecule has 0 atom stereocenters. The summed E-state index contributed by atoms with van der Waals surface area (Å²) in [5.41, 5.74) is 0. The fraction of sp³-hybridized carbons (Fsp3) is 1.00. The molecule has 0 rings (SSSR count). The van der Waals surface area contributed by atoms with E-state index in [0.717, 1.165) is 0 Å². The first-order chi connectivity index (χ1) is 4.83. The van der Waals surface area contributed by atoms with E-state index in [1.165, 1.54) is 12.8 Å². The van der Waals surface area contributed by atoms with E-state index in [4.69, 9.17) is 0 Å². The van der Waals surface area contributed by atoms with Crippen molar-refractivity contribution < 1.29 is 23.2 Å². The molecule has 11 heavy (non-hydrogen) atoms. The van der Waals surface area contributed by atoms with Crippen molar-refractivity contribution in [1.82, 2.24) is 0 Å². The molecule has 0 nitrogen and oxygen atoms in total. The SMILES string of the molecule is CC[C](C)(C)[Zr][C](C)(C)CC. The van der Waals surface area contributed by atoms with E-state index in [-0.39, 0.29) is 23.2 Å². The van der Waals surface area contributed by atoms with Gasteiger partial charge in [0.1, 0.15) is 0 Å². The number of hydrogen-bond acceptors (Lipinski definition) is 0. The zero-order valence-corrected chi connectivity index (χ0v) is 11.4. The Bertz CT molecular complexity index is 100. The summed E-state index contributed by atoms with van der Waals surface area (Å²) in [5, 5.41) is 0. The Morgan fingerprint density at radius 2 is 1.09 bits per heavy atom. The molecule has 1 heteroatoms. The predicted octanol–water partition coefficient (Wildman–Crippen LogP) is 4.29. The van der Waals surface area contributed by atoms with Crippen LogP contribution < -0.4 is 0 Å². The van der Waals surface area contributed by atoms with Gasteiger partial charge in [-0.25, -0.2) is 0 Å². The van der Waals surface area contributed by atoms with Gasteiger partial charge < -0.3 is 0 Å². The molecule has 0 bridgehead atoms. The first kappa shape index (κ1) is 11.9. The molecule has 0 aliphatic heterocycles. The van der Waals surface area contributed by atoms with E-state index in [1.54, 1.807) is 0 Å². The molecule has 0 aliphatic rings. The molecular weight excluding hydrogens is 211 g/mol. The van der Waals surface area contributed by atoms with Gasteiger partial charge in [-0.1, -0.05) is 0 Å². The van der Waals surface area contributed by atoms with Crippen molar-refractivity contribution in [2.75, 3.05) is 0 Å². The van der Waals surface area contributed by atoms with E-state index in [1.807, 2.05) is 0 Å². The molecule has 0 N–H and O–H groups in total. The van der Waals surface area contributed by atoms with Crippen molar-refractivity contribution in [1.29, 1.82) is 0 Å². The van der Waals surface area contributed by atoms with Gasteiger partial charge in [0, 0.05) is 0 Å². The first-order valence-electron chi connectivity index (χ1n) is 4.62. The number of rotatable bonds is 4. The van der Waals surface area contributed by atoms with Crippen LogP contribution in [0.3, 0.4) is 0 Å². The zero-order valence-electron chi connectivity index (χ0n) is 8.91. The van der Waals surface area contributed by atoms with Crippen molar-refractivity contribution in [2.45, 2.75) is 60.6 Å². The third-order valence-corrected chi connectivity index (χ3v) is 7.51. The Hall–Kier alpha value is 0.883. The van der Waals surface area contributed by atoms with Crippen molar-refractivity contribution in [3.63, 3.8) is 0 Å². The number of hydrogen-bond donors (Lipinski definition) is 0. The molecule has 0 unspecified atom stereocenters. The van der Waals surface area contributed by atoms with Crippen molar-refractivity contribution >= 4 is 0 Å². The molecule has 0 heterocycles. The molecule has 0 saturated heterocycles. The molecule has 0 aliphatic carbocycles. The van der Waals surface area contributed by atoms with Gasteiger partial charge >= 0.3 is 83.9 Å². The van der Waals surface area contributed by atoms with Crippen LogP contribution in [0, 0.1) is 0 Å². The summed E-state index contributed by atoms with van der Waals surface area (Å²) in [6.07, 6.45) is 2.73. The van der Waals surface area contributed by atoms with Crippen molar-refractivity contribution in [3.05, 3.63) is 0 Å². The quantitative estimate of drug-likeness (QED) is 0.680. The van der Waals surface area contributed by atoms with Crippen LogP contribution in [-0.2, 0) is 23.2 Å². The maximum atomic E-state index is 2.44. The van der Waals surface area contributed by atoms with Crippen molar-refractivity contribution in [3.8, 4) is 0 Å². The van der Waals surface area contributed by atoms with Gasteiger partial charge in [0.2, 0.25) is 0 Å². The minimum atomic E-state index is -0.218. The van der Waals surface area contributed by atoms with Crippen LogP contribution in [0.25, 0.3) is 0 Å². The van der Waals surface area contributed by atoms with Gasteiger partial charge in [-0.3, -0.25) is 0 Å². The molecule has 0 amide bonds. The van der Waals surface area contributed by atoms with Gasteiger partial charge in [0.25, 0.3) is 0 Å². The normalized spacial score (nSPS) is 13.3. The Kier molecular flexibility index (Phi) is 4.55. The molecule has 66 valence electrons. The fourth-order valence-electron chi connectivity index (χ4n) is 1.09. The molecule has 0 radical (unpaired) electrons. The molecular formula is C10H22Zr. The standard InChI is InChI=1S/2C5H11.Zr/c2*1-4-5(2)3;/h2*4H2,1-3H3;. The second kappa shape index (κ2) is 4.21. The van der Waals surface area contributed by atoms with Gasteiger partial charge in [0.05, 0.1) is 0 Å². The second-order valence-electron chi connectivity index (χ2n) is 4.60. The van der Waals surface area contributed by atoms with E-state index in [0.29, 0.717) is 6.25 Å². The van der Waals surface area contributed by atoms with Crippen LogP contribution in [0.4, 0.5) is 0 Å². The van der Waals surface area contributed by atoms with Crippen LogP contribution in [0.2, 0.25) is 6.25 Å². The van der Waals surface area contributed by atoms with E-state index >= 15 is 0 Å². The Balaban J connectivity index is 4.02. The van der Waals surface area contributed by atoms with Crippen LogP contribution in [-0.4, -0.2) is 0 Å². The summed E-state index contributed by atoms with van der Waals surface area (Å²) in [6.45, 7) is 14.4. The van der Waals surface area contributed by atoms with Crippen LogP contribution in [0.15, 0.2) is 0 Å². The van der Waals surface area contributed by atoms with Gasteiger partial charge in [-0.15, -0.1) is 0 Å². The minimum absolute atomic E-state index is 0.218. The van der Waals surface area contributed by atoms with E-state index in [9.17, 15) is 0 Å². The van der Waals surface area contributed by atoms with Crippen LogP contribution in [0.1, 0.15) is 54.4 Å². The van der Waals surface area contributed by atoms with Gasteiger partial charge in [-0.05, 0) is 0 Å². The Morgan fingerprint density at radius 1 is 0.818 bits per heavy atom. The molecule has 0 spiro atoms. The van der Waals surface area contributed by atoms with Gasteiger partial charge in [-0.2, -0.15) is 0 Å². The Morgan fingerprint density at radius 3 is 1.27 bits per heavy atom. The van der Waals surface area contributed by atoms with Crippen LogP contribution >= 0.6 is 0 Å². The predicted molar refractivity (Wildman–Crippen MR) is 48.7 cm³/mol. The monoisotopic (exact) mass is 232 g/mol.